The van der Waals surface area contributed by atoms with Gasteiger partial charge in [0.15, 0.2) is 0 Å². The maximum absolute atomic E-state index is 5.27. The van der Waals surface area contributed by atoms with E-state index in [1.807, 2.05) is 0 Å². The summed E-state index contributed by atoms with van der Waals surface area (Å²) in [5, 5.41) is 3.54. The summed E-state index contributed by atoms with van der Waals surface area (Å²) < 4.78 is 5.27. The number of rotatable bonds is 4. The van der Waals surface area contributed by atoms with Crippen molar-refractivity contribution in [3.8, 4) is 0 Å². The van der Waals surface area contributed by atoms with Gasteiger partial charge in [-0.25, -0.2) is 0 Å². The standard InChI is InChI=1S/C9H19NO/c1-2-3-6-10-9-4-7-11-8-5-9/h9-10H,2-8H2,1H3. The lowest BCUT2D eigenvalue weighted by molar-refractivity contribution is 0.0780. The van der Waals surface area contributed by atoms with E-state index in [-0.39, 0.29) is 0 Å². The van der Waals surface area contributed by atoms with Crippen LogP contribution in [-0.4, -0.2) is 25.8 Å². The Labute approximate surface area is 69.3 Å². The Morgan fingerprint density at radius 3 is 2.73 bits per heavy atom. The van der Waals surface area contributed by atoms with Crippen LogP contribution in [0.4, 0.5) is 0 Å². The van der Waals surface area contributed by atoms with Gasteiger partial charge in [0.2, 0.25) is 0 Å². The summed E-state index contributed by atoms with van der Waals surface area (Å²) in [6.45, 7) is 5.31. The number of hydrogen-bond donors (Lipinski definition) is 1. The second-order valence-electron chi connectivity index (χ2n) is 3.19. The molecule has 0 spiro atoms. The molecule has 2 nitrogen and oxygen atoms in total. The predicted molar refractivity (Wildman–Crippen MR) is 46.8 cm³/mol. The molecular formula is C9H19NO. The molecule has 2 heteroatoms. The van der Waals surface area contributed by atoms with Crippen molar-refractivity contribution in [2.24, 2.45) is 0 Å². The van der Waals surface area contributed by atoms with Crippen molar-refractivity contribution in [2.75, 3.05) is 19.8 Å². The smallest absolute Gasteiger partial charge is 0.0480 e. The fourth-order valence-corrected chi connectivity index (χ4v) is 1.38. The molecule has 1 rings (SSSR count). The zero-order valence-corrected chi connectivity index (χ0v) is 7.44. The second-order valence-corrected chi connectivity index (χ2v) is 3.19. The number of ether oxygens (including phenoxy) is 1. The first-order valence-electron chi connectivity index (χ1n) is 4.74. The summed E-state index contributed by atoms with van der Waals surface area (Å²) in [6, 6.07) is 0.732. The molecule has 1 N–H and O–H groups in total. The molecule has 0 aromatic carbocycles. The quantitative estimate of drug-likeness (QED) is 0.625. The molecular weight excluding hydrogens is 138 g/mol. The summed E-state index contributed by atoms with van der Waals surface area (Å²) in [5.41, 5.74) is 0. The predicted octanol–water partition coefficient (Wildman–Crippen LogP) is 1.56. The van der Waals surface area contributed by atoms with Crippen LogP contribution in [0.25, 0.3) is 0 Å². The van der Waals surface area contributed by atoms with E-state index in [0.29, 0.717) is 0 Å². The highest BCUT2D eigenvalue weighted by atomic mass is 16.5. The first kappa shape index (κ1) is 9.01. The minimum atomic E-state index is 0.732. The Balaban J connectivity index is 1.96. The molecule has 0 amide bonds. The fourth-order valence-electron chi connectivity index (χ4n) is 1.38. The third-order valence-electron chi connectivity index (χ3n) is 2.18. The summed E-state index contributed by atoms with van der Waals surface area (Å²) >= 11 is 0. The van der Waals surface area contributed by atoms with Crippen LogP contribution in [0.1, 0.15) is 32.6 Å². The molecule has 11 heavy (non-hydrogen) atoms. The number of hydrogen-bond acceptors (Lipinski definition) is 2. The normalized spacial score (nSPS) is 20.5. The second kappa shape index (κ2) is 5.56. The number of nitrogens with one attached hydrogen (secondary N) is 1. The van der Waals surface area contributed by atoms with Crippen molar-refractivity contribution in [1.82, 2.24) is 5.32 Å². The molecule has 0 atom stereocenters. The van der Waals surface area contributed by atoms with Crippen molar-refractivity contribution in [3.63, 3.8) is 0 Å². The molecule has 0 radical (unpaired) electrons. The van der Waals surface area contributed by atoms with Gasteiger partial charge in [0.25, 0.3) is 0 Å². The van der Waals surface area contributed by atoms with Gasteiger partial charge in [-0.2, -0.15) is 0 Å². The number of unbranched alkanes of at least 4 members (excludes halogenated alkanes) is 1. The molecule has 66 valence electrons. The highest BCUT2D eigenvalue weighted by molar-refractivity contribution is 4.69. The molecule has 1 heterocycles. The Kier molecular flexibility index (Phi) is 4.55. The van der Waals surface area contributed by atoms with Gasteiger partial charge in [-0.15, -0.1) is 0 Å². The lowest BCUT2D eigenvalue weighted by Gasteiger charge is -2.22. The fraction of sp³-hybridized carbons (Fsp3) is 1.00. The topological polar surface area (TPSA) is 21.3 Å². The van der Waals surface area contributed by atoms with Gasteiger partial charge in [-0.1, -0.05) is 13.3 Å². The van der Waals surface area contributed by atoms with Gasteiger partial charge in [0.05, 0.1) is 0 Å². The largest absolute Gasteiger partial charge is 0.381 e. The zero-order valence-electron chi connectivity index (χ0n) is 7.44. The van der Waals surface area contributed by atoms with Gasteiger partial charge in [-0.05, 0) is 25.8 Å². The Bertz CT molecular complexity index is 89.6. The van der Waals surface area contributed by atoms with Crippen molar-refractivity contribution in [2.45, 2.75) is 38.6 Å². The Hall–Kier alpha value is -0.0800. The average Bonchev–Trinajstić information content (AvgIpc) is 2.07. The van der Waals surface area contributed by atoms with Crippen LogP contribution in [0.15, 0.2) is 0 Å². The summed E-state index contributed by atoms with van der Waals surface area (Å²) in [5.74, 6) is 0. The summed E-state index contributed by atoms with van der Waals surface area (Å²) in [4.78, 5) is 0. The molecule has 1 aliphatic rings. The van der Waals surface area contributed by atoms with Gasteiger partial charge < -0.3 is 10.1 Å². The molecule has 1 fully saturated rings. The van der Waals surface area contributed by atoms with Crippen molar-refractivity contribution in [3.05, 3.63) is 0 Å². The molecule has 0 aliphatic carbocycles. The van der Waals surface area contributed by atoms with Crippen LogP contribution in [0, 0.1) is 0 Å². The third-order valence-corrected chi connectivity index (χ3v) is 2.18. The van der Waals surface area contributed by atoms with Crippen LogP contribution >= 0.6 is 0 Å². The molecule has 0 bridgehead atoms. The maximum Gasteiger partial charge on any atom is 0.0480 e. The van der Waals surface area contributed by atoms with Crippen LogP contribution in [0.5, 0.6) is 0 Å². The van der Waals surface area contributed by atoms with Crippen LogP contribution in [0.2, 0.25) is 0 Å². The first-order chi connectivity index (χ1) is 5.43. The van der Waals surface area contributed by atoms with Gasteiger partial charge >= 0.3 is 0 Å². The molecule has 0 aromatic heterocycles. The average molecular weight is 157 g/mol. The minimum Gasteiger partial charge on any atom is -0.381 e. The van der Waals surface area contributed by atoms with E-state index in [2.05, 4.69) is 12.2 Å². The lowest BCUT2D eigenvalue weighted by Crippen LogP contribution is -2.35. The van der Waals surface area contributed by atoms with Crippen molar-refractivity contribution in [1.29, 1.82) is 0 Å². The first-order valence-corrected chi connectivity index (χ1v) is 4.74. The lowest BCUT2D eigenvalue weighted by atomic mass is 10.1. The van der Waals surface area contributed by atoms with E-state index in [1.165, 1.54) is 32.2 Å². The highest BCUT2D eigenvalue weighted by Gasteiger charge is 2.11. The van der Waals surface area contributed by atoms with E-state index in [4.69, 9.17) is 4.74 Å². The van der Waals surface area contributed by atoms with Gasteiger partial charge in [0, 0.05) is 19.3 Å². The molecule has 0 aromatic rings. The van der Waals surface area contributed by atoms with Crippen LogP contribution in [-0.2, 0) is 4.74 Å². The monoisotopic (exact) mass is 157 g/mol. The van der Waals surface area contributed by atoms with Crippen molar-refractivity contribution >= 4 is 0 Å². The Morgan fingerprint density at radius 1 is 1.36 bits per heavy atom. The van der Waals surface area contributed by atoms with Gasteiger partial charge in [0.1, 0.15) is 0 Å². The van der Waals surface area contributed by atoms with E-state index >= 15 is 0 Å². The SMILES string of the molecule is CCCCNC1CCOCC1. The maximum atomic E-state index is 5.27. The molecule has 1 saturated heterocycles. The van der Waals surface area contributed by atoms with E-state index in [0.717, 1.165) is 19.3 Å². The van der Waals surface area contributed by atoms with Crippen LogP contribution in [0.3, 0.4) is 0 Å². The van der Waals surface area contributed by atoms with E-state index in [9.17, 15) is 0 Å². The third kappa shape index (κ3) is 3.73. The molecule has 0 unspecified atom stereocenters. The molecule has 0 saturated carbocycles. The van der Waals surface area contributed by atoms with Crippen molar-refractivity contribution < 1.29 is 4.74 Å². The van der Waals surface area contributed by atoms with Gasteiger partial charge in [-0.3, -0.25) is 0 Å². The highest BCUT2D eigenvalue weighted by Crippen LogP contribution is 2.05. The zero-order chi connectivity index (χ0) is 7.94. The molecule has 1 aliphatic heterocycles. The van der Waals surface area contributed by atoms with E-state index in [1.54, 1.807) is 0 Å². The van der Waals surface area contributed by atoms with E-state index < -0.39 is 0 Å². The summed E-state index contributed by atoms with van der Waals surface area (Å²) in [6.07, 6.45) is 4.99. The van der Waals surface area contributed by atoms with Crippen LogP contribution < -0.4 is 5.32 Å². The Morgan fingerprint density at radius 2 is 2.09 bits per heavy atom. The summed E-state index contributed by atoms with van der Waals surface area (Å²) in [7, 11) is 0. The minimum absolute atomic E-state index is 0.732.